The molecule has 1 aromatic rings. The number of hydrogen-bond donors (Lipinski definition) is 1. The maximum absolute atomic E-state index is 11.7. The minimum absolute atomic E-state index is 0.0940. The van der Waals surface area contributed by atoms with E-state index in [1.54, 1.807) is 19.1 Å². The van der Waals surface area contributed by atoms with Gasteiger partial charge in [-0.1, -0.05) is 17.7 Å². The molecule has 6 heteroatoms. The second-order valence-corrected chi connectivity index (χ2v) is 5.35. The summed E-state index contributed by atoms with van der Waals surface area (Å²) in [5.41, 5.74) is 1.55. The fraction of sp³-hybridized carbons (Fsp3) is 0.300. The molecule has 1 N–H and O–H groups in total. The predicted octanol–water partition coefficient (Wildman–Crippen LogP) is 1.35. The second-order valence-electron chi connectivity index (χ2n) is 3.43. The zero-order valence-electron chi connectivity index (χ0n) is 8.95. The number of nitrogens with one attached hydrogen (secondary N) is 1. The highest BCUT2D eigenvalue weighted by atomic mass is 35.5. The average Bonchev–Trinajstić information content (AvgIpc) is 2.16. The first-order valence-electron chi connectivity index (χ1n) is 4.55. The number of halogens is 1. The lowest BCUT2D eigenvalue weighted by Gasteiger charge is -2.08. The number of carbonyl (C=O) groups is 1. The Morgan fingerprint density at radius 3 is 2.50 bits per heavy atom. The Morgan fingerprint density at radius 2 is 2.00 bits per heavy atom. The fourth-order valence-electron chi connectivity index (χ4n) is 1.33. The van der Waals surface area contributed by atoms with E-state index in [2.05, 4.69) is 0 Å². The lowest BCUT2D eigenvalue weighted by molar-refractivity contribution is -0.116. The number of sulfonamides is 1. The van der Waals surface area contributed by atoms with Crippen molar-refractivity contribution < 1.29 is 13.2 Å². The van der Waals surface area contributed by atoms with Gasteiger partial charge in [-0.05, 0) is 25.5 Å². The molecule has 0 aliphatic heterocycles. The minimum atomic E-state index is -3.80. The van der Waals surface area contributed by atoms with Crippen LogP contribution in [0, 0.1) is 13.8 Å². The molecule has 0 bridgehead atoms. The zero-order valence-corrected chi connectivity index (χ0v) is 10.5. The molecule has 0 saturated carbocycles. The quantitative estimate of drug-likeness (QED) is 0.836. The second kappa shape index (κ2) is 4.84. The standard InChI is InChI=1S/C10H12ClNO3S/c1-7-3-4-9(8(2)5-7)16(14,15)12-10(13)6-11/h3-5H,6H2,1-2H3,(H,12,13). The van der Waals surface area contributed by atoms with E-state index in [0.29, 0.717) is 5.56 Å². The molecule has 0 aromatic heterocycles. The van der Waals surface area contributed by atoms with Crippen LogP contribution in [-0.2, 0) is 14.8 Å². The molecule has 0 spiro atoms. The molecular formula is C10H12ClNO3S. The summed E-state index contributed by atoms with van der Waals surface area (Å²) in [6.07, 6.45) is 0. The van der Waals surface area contributed by atoms with Crippen molar-refractivity contribution in [2.75, 3.05) is 5.88 Å². The first-order chi connectivity index (χ1) is 7.36. The van der Waals surface area contributed by atoms with Crippen molar-refractivity contribution in [1.29, 1.82) is 0 Å². The van der Waals surface area contributed by atoms with Gasteiger partial charge in [0.2, 0.25) is 5.91 Å². The topological polar surface area (TPSA) is 63.2 Å². The maximum Gasteiger partial charge on any atom is 0.264 e. The molecule has 16 heavy (non-hydrogen) atoms. The summed E-state index contributed by atoms with van der Waals surface area (Å²) < 4.78 is 25.4. The van der Waals surface area contributed by atoms with E-state index >= 15 is 0 Å². The van der Waals surface area contributed by atoms with Crippen LogP contribution in [0.4, 0.5) is 0 Å². The van der Waals surface area contributed by atoms with Gasteiger partial charge < -0.3 is 0 Å². The van der Waals surface area contributed by atoms with Crippen LogP contribution in [0.2, 0.25) is 0 Å². The smallest absolute Gasteiger partial charge is 0.264 e. The molecule has 1 aromatic carbocycles. The van der Waals surface area contributed by atoms with Crippen LogP contribution >= 0.6 is 11.6 Å². The summed E-state index contributed by atoms with van der Waals surface area (Å²) in [4.78, 5) is 11.1. The molecule has 88 valence electrons. The predicted molar refractivity (Wildman–Crippen MR) is 62.0 cm³/mol. The van der Waals surface area contributed by atoms with Crippen LogP contribution in [0.25, 0.3) is 0 Å². The highest BCUT2D eigenvalue weighted by Crippen LogP contribution is 2.16. The molecule has 0 aliphatic carbocycles. The monoisotopic (exact) mass is 261 g/mol. The van der Waals surface area contributed by atoms with E-state index in [0.717, 1.165) is 5.56 Å². The number of hydrogen-bond acceptors (Lipinski definition) is 3. The third kappa shape index (κ3) is 2.96. The van der Waals surface area contributed by atoms with Gasteiger partial charge in [0.25, 0.3) is 10.0 Å². The highest BCUT2D eigenvalue weighted by molar-refractivity contribution is 7.90. The van der Waals surface area contributed by atoms with Gasteiger partial charge in [-0.2, -0.15) is 0 Å². The summed E-state index contributed by atoms with van der Waals surface area (Å²) in [5.74, 6) is -1.12. The van der Waals surface area contributed by atoms with Gasteiger partial charge in [0.15, 0.2) is 0 Å². The Hall–Kier alpha value is -1.07. The Kier molecular flexibility index (Phi) is 3.93. The molecule has 0 radical (unpaired) electrons. The van der Waals surface area contributed by atoms with E-state index in [1.165, 1.54) is 6.07 Å². The summed E-state index contributed by atoms with van der Waals surface area (Å²) in [5, 5.41) is 0. The van der Waals surface area contributed by atoms with E-state index < -0.39 is 15.9 Å². The fourth-order valence-corrected chi connectivity index (χ4v) is 2.69. The zero-order chi connectivity index (χ0) is 12.3. The number of amides is 1. The number of benzene rings is 1. The first kappa shape index (κ1) is 13.0. The van der Waals surface area contributed by atoms with Crippen LogP contribution in [0.3, 0.4) is 0 Å². The maximum atomic E-state index is 11.7. The lowest BCUT2D eigenvalue weighted by Crippen LogP contribution is -2.31. The Morgan fingerprint density at radius 1 is 1.38 bits per heavy atom. The van der Waals surface area contributed by atoms with Crippen molar-refractivity contribution in [3.63, 3.8) is 0 Å². The van der Waals surface area contributed by atoms with Gasteiger partial charge in [0.1, 0.15) is 5.88 Å². The number of carbonyl (C=O) groups excluding carboxylic acids is 1. The van der Waals surface area contributed by atoms with Crippen LogP contribution in [0.15, 0.2) is 23.1 Å². The molecule has 0 saturated heterocycles. The van der Waals surface area contributed by atoms with Gasteiger partial charge in [-0.15, -0.1) is 11.6 Å². The van der Waals surface area contributed by atoms with E-state index in [4.69, 9.17) is 11.6 Å². The van der Waals surface area contributed by atoms with Crippen molar-refractivity contribution in [2.24, 2.45) is 0 Å². The van der Waals surface area contributed by atoms with Gasteiger partial charge in [-0.3, -0.25) is 4.79 Å². The molecule has 4 nitrogen and oxygen atoms in total. The third-order valence-electron chi connectivity index (χ3n) is 1.99. The molecule has 0 atom stereocenters. The van der Waals surface area contributed by atoms with Crippen LogP contribution in [-0.4, -0.2) is 20.2 Å². The summed E-state index contributed by atoms with van der Waals surface area (Å²) in [6, 6.07) is 4.88. The van der Waals surface area contributed by atoms with Crippen molar-refractivity contribution in [2.45, 2.75) is 18.7 Å². The SMILES string of the molecule is Cc1ccc(S(=O)(=O)NC(=O)CCl)c(C)c1. The highest BCUT2D eigenvalue weighted by Gasteiger charge is 2.18. The van der Waals surface area contributed by atoms with Crippen molar-refractivity contribution in [1.82, 2.24) is 4.72 Å². The van der Waals surface area contributed by atoms with Gasteiger partial charge in [-0.25, -0.2) is 13.1 Å². The molecular weight excluding hydrogens is 250 g/mol. The van der Waals surface area contributed by atoms with E-state index in [-0.39, 0.29) is 10.8 Å². The van der Waals surface area contributed by atoms with Crippen LogP contribution in [0.1, 0.15) is 11.1 Å². The molecule has 1 rings (SSSR count). The number of alkyl halides is 1. The summed E-state index contributed by atoms with van der Waals surface area (Å²) in [6.45, 7) is 3.54. The van der Waals surface area contributed by atoms with Crippen molar-refractivity contribution in [3.05, 3.63) is 29.3 Å². The van der Waals surface area contributed by atoms with Crippen molar-refractivity contribution >= 4 is 27.5 Å². The first-order valence-corrected chi connectivity index (χ1v) is 6.57. The van der Waals surface area contributed by atoms with Crippen molar-refractivity contribution in [3.8, 4) is 0 Å². The number of aryl methyl sites for hydroxylation is 2. The normalized spacial score (nSPS) is 11.2. The summed E-state index contributed by atoms with van der Waals surface area (Å²) >= 11 is 5.23. The van der Waals surface area contributed by atoms with Crippen LogP contribution < -0.4 is 4.72 Å². The lowest BCUT2D eigenvalue weighted by atomic mass is 10.2. The summed E-state index contributed by atoms with van der Waals surface area (Å²) in [7, 11) is -3.80. The van der Waals surface area contributed by atoms with Gasteiger partial charge in [0, 0.05) is 0 Å². The molecule has 0 aliphatic rings. The average molecular weight is 262 g/mol. The van der Waals surface area contributed by atoms with Crippen LogP contribution in [0.5, 0.6) is 0 Å². The molecule has 0 unspecified atom stereocenters. The third-order valence-corrected chi connectivity index (χ3v) is 3.77. The Bertz CT molecular complexity index is 511. The minimum Gasteiger partial charge on any atom is -0.273 e. The van der Waals surface area contributed by atoms with E-state index in [1.807, 2.05) is 11.6 Å². The number of rotatable bonds is 3. The van der Waals surface area contributed by atoms with E-state index in [9.17, 15) is 13.2 Å². The van der Waals surface area contributed by atoms with Gasteiger partial charge >= 0.3 is 0 Å². The Balaban J connectivity index is 3.13. The largest absolute Gasteiger partial charge is 0.273 e. The molecule has 0 fully saturated rings. The van der Waals surface area contributed by atoms with Gasteiger partial charge in [0.05, 0.1) is 4.90 Å². The molecule has 1 amide bonds. The Labute approximate surface area is 99.7 Å². The molecule has 0 heterocycles.